The first-order valence-electron chi connectivity index (χ1n) is 5.28. The Kier molecular flexibility index (Phi) is 3.61. The van der Waals surface area contributed by atoms with Crippen molar-refractivity contribution in [3.8, 4) is 11.4 Å². The molecule has 0 aliphatic rings. The van der Waals surface area contributed by atoms with E-state index in [9.17, 15) is 0 Å². The van der Waals surface area contributed by atoms with Crippen LogP contribution in [0, 0.1) is 0 Å². The summed E-state index contributed by atoms with van der Waals surface area (Å²) in [6.45, 7) is 0.951. The summed E-state index contributed by atoms with van der Waals surface area (Å²) < 4.78 is 5.16. The maximum Gasteiger partial charge on any atom is 0.227 e. The SMILES string of the molecule is CNCCCc1nc(-c2ccncc2)no1. The van der Waals surface area contributed by atoms with Gasteiger partial charge in [0.1, 0.15) is 0 Å². The van der Waals surface area contributed by atoms with E-state index in [1.54, 1.807) is 12.4 Å². The number of aryl methyl sites for hydroxylation is 1. The molecule has 0 spiro atoms. The second-order valence-corrected chi connectivity index (χ2v) is 3.45. The molecule has 2 rings (SSSR count). The van der Waals surface area contributed by atoms with Gasteiger partial charge in [-0.3, -0.25) is 4.98 Å². The first-order valence-corrected chi connectivity index (χ1v) is 5.28. The fraction of sp³-hybridized carbons (Fsp3) is 0.364. The molecule has 0 saturated heterocycles. The highest BCUT2D eigenvalue weighted by Gasteiger charge is 2.07. The number of pyridine rings is 1. The molecule has 0 amide bonds. The van der Waals surface area contributed by atoms with E-state index in [0.29, 0.717) is 11.7 Å². The summed E-state index contributed by atoms with van der Waals surface area (Å²) in [4.78, 5) is 8.26. The summed E-state index contributed by atoms with van der Waals surface area (Å²) >= 11 is 0. The van der Waals surface area contributed by atoms with E-state index < -0.39 is 0 Å². The van der Waals surface area contributed by atoms with E-state index >= 15 is 0 Å². The van der Waals surface area contributed by atoms with Gasteiger partial charge in [-0.1, -0.05) is 5.16 Å². The molecule has 0 unspecified atom stereocenters. The van der Waals surface area contributed by atoms with Crippen molar-refractivity contribution in [3.63, 3.8) is 0 Å². The molecule has 16 heavy (non-hydrogen) atoms. The minimum absolute atomic E-state index is 0.627. The average Bonchev–Trinajstić information content (AvgIpc) is 2.79. The van der Waals surface area contributed by atoms with Gasteiger partial charge in [0.25, 0.3) is 0 Å². The van der Waals surface area contributed by atoms with E-state index in [4.69, 9.17) is 4.52 Å². The van der Waals surface area contributed by atoms with Crippen molar-refractivity contribution in [2.45, 2.75) is 12.8 Å². The first-order chi connectivity index (χ1) is 7.90. The van der Waals surface area contributed by atoms with Crippen molar-refractivity contribution < 1.29 is 4.52 Å². The lowest BCUT2D eigenvalue weighted by atomic mass is 10.2. The third-order valence-corrected chi connectivity index (χ3v) is 2.22. The third kappa shape index (κ3) is 2.64. The van der Waals surface area contributed by atoms with Crippen molar-refractivity contribution in [2.75, 3.05) is 13.6 Å². The minimum atomic E-state index is 0.627. The standard InChI is InChI=1S/C11H14N4O/c1-12-6-2-3-10-14-11(15-16-10)9-4-7-13-8-5-9/h4-5,7-8,12H,2-3,6H2,1H3. The number of nitrogens with one attached hydrogen (secondary N) is 1. The molecule has 2 aromatic rings. The Balaban J connectivity index is 2.02. The predicted molar refractivity (Wildman–Crippen MR) is 59.8 cm³/mol. The van der Waals surface area contributed by atoms with Crippen LogP contribution < -0.4 is 5.32 Å². The maximum atomic E-state index is 5.16. The zero-order valence-corrected chi connectivity index (χ0v) is 9.18. The molecule has 0 atom stereocenters. The lowest BCUT2D eigenvalue weighted by molar-refractivity contribution is 0.375. The van der Waals surface area contributed by atoms with Gasteiger partial charge in [0.05, 0.1) is 0 Å². The molecule has 5 heteroatoms. The first kappa shape index (κ1) is 10.8. The summed E-state index contributed by atoms with van der Waals surface area (Å²) in [7, 11) is 1.93. The zero-order chi connectivity index (χ0) is 11.2. The molecule has 0 fully saturated rings. The van der Waals surface area contributed by atoms with Crippen molar-refractivity contribution in [2.24, 2.45) is 0 Å². The third-order valence-electron chi connectivity index (χ3n) is 2.22. The highest BCUT2D eigenvalue weighted by Crippen LogP contribution is 2.14. The van der Waals surface area contributed by atoms with Gasteiger partial charge < -0.3 is 9.84 Å². The second kappa shape index (κ2) is 5.37. The quantitative estimate of drug-likeness (QED) is 0.766. The molecule has 1 N–H and O–H groups in total. The molecular weight excluding hydrogens is 204 g/mol. The van der Waals surface area contributed by atoms with Crippen LogP contribution in [-0.4, -0.2) is 28.7 Å². The summed E-state index contributed by atoms with van der Waals surface area (Å²) in [5.74, 6) is 1.31. The smallest absolute Gasteiger partial charge is 0.227 e. The Morgan fingerprint density at radius 1 is 1.31 bits per heavy atom. The summed E-state index contributed by atoms with van der Waals surface area (Å²) in [6, 6.07) is 3.73. The van der Waals surface area contributed by atoms with Gasteiger partial charge in [0.15, 0.2) is 0 Å². The van der Waals surface area contributed by atoms with E-state index in [0.717, 1.165) is 24.9 Å². The van der Waals surface area contributed by atoms with Gasteiger partial charge in [0, 0.05) is 24.4 Å². The minimum Gasteiger partial charge on any atom is -0.339 e. The van der Waals surface area contributed by atoms with Crippen LogP contribution >= 0.6 is 0 Å². The summed E-state index contributed by atoms with van der Waals surface area (Å²) in [5.41, 5.74) is 0.929. The van der Waals surface area contributed by atoms with Crippen LogP contribution in [0.2, 0.25) is 0 Å². The largest absolute Gasteiger partial charge is 0.339 e. The second-order valence-electron chi connectivity index (χ2n) is 3.45. The van der Waals surface area contributed by atoms with E-state index in [1.165, 1.54) is 0 Å². The van der Waals surface area contributed by atoms with Crippen LogP contribution in [0.25, 0.3) is 11.4 Å². The van der Waals surface area contributed by atoms with Gasteiger partial charge >= 0.3 is 0 Å². The van der Waals surface area contributed by atoms with Crippen LogP contribution in [-0.2, 0) is 6.42 Å². The number of rotatable bonds is 5. The van der Waals surface area contributed by atoms with Gasteiger partial charge in [-0.05, 0) is 32.1 Å². The molecule has 2 aromatic heterocycles. The molecule has 0 aromatic carbocycles. The van der Waals surface area contributed by atoms with Crippen molar-refractivity contribution in [3.05, 3.63) is 30.4 Å². The Labute approximate surface area is 93.9 Å². The molecular formula is C11H14N4O. The predicted octanol–water partition coefficient (Wildman–Crippen LogP) is 1.28. The van der Waals surface area contributed by atoms with Crippen molar-refractivity contribution in [1.29, 1.82) is 0 Å². The monoisotopic (exact) mass is 218 g/mol. The Morgan fingerprint density at radius 3 is 2.88 bits per heavy atom. The van der Waals surface area contributed by atoms with Crippen molar-refractivity contribution in [1.82, 2.24) is 20.4 Å². The zero-order valence-electron chi connectivity index (χ0n) is 9.18. The number of aromatic nitrogens is 3. The number of nitrogens with zero attached hydrogens (tertiary/aromatic N) is 3. The molecule has 0 aliphatic heterocycles. The summed E-state index contributed by atoms with van der Waals surface area (Å²) in [5, 5.41) is 7.01. The average molecular weight is 218 g/mol. The normalized spacial score (nSPS) is 10.6. The molecule has 84 valence electrons. The van der Waals surface area contributed by atoms with Crippen LogP contribution in [0.4, 0.5) is 0 Å². The van der Waals surface area contributed by atoms with Gasteiger partial charge in [-0.25, -0.2) is 0 Å². The fourth-order valence-electron chi connectivity index (χ4n) is 1.39. The van der Waals surface area contributed by atoms with Crippen LogP contribution in [0.15, 0.2) is 29.0 Å². The molecule has 5 nitrogen and oxygen atoms in total. The Hall–Kier alpha value is -1.75. The van der Waals surface area contributed by atoms with Gasteiger partial charge in [-0.2, -0.15) is 4.98 Å². The highest BCUT2D eigenvalue weighted by atomic mass is 16.5. The molecule has 0 bridgehead atoms. The molecule has 2 heterocycles. The molecule has 0 aliphatic carbocycles. The Bertz CT molecular complexity index is 427. The Morgan fingerprint density at radius 2 is 2.12 bits per heavy atom. The van der Waals surface area contributed by atoms with Crippen LogP contribution in [0.5, 0.6) is 0 Å². The summed E-state index contributed by atoms with van der Waals surface area (Å²) in [6.07, 6.45) is 5.23. The highest BCUT2D eigenvalue weighted by molar-refractivity contribution is 5.52. The maximum absolute atomic E-state index is 5.16. The lowest BCUT2D eigenvalue weighted by Crippen LogP contribution is -2.08. The van der Waals surface area contributed by atoms with Crippen LogP contribution in [0.3, 0.4) is 0 Å². The lowest BCUT2D eigenvalue weighted by Gasteiger charge is -1.93. The van der Waals surface area contributed by atoms with E-state index in [2.05, 4.69) is 20.4 Å². The van der Waals surface area contributed by atoms with E-state index in [1.807, 2.05) is 19.2 Å². The molecule has 0 saturated carbocycles. The van der Waals surface area contributed by atoms with Gasteiger partial charge in [-0.15, -0.1) is 0 Å². The number of hydrogen-bond acceptors (Lipinski definition) is 5. The van der Waals surface area contributed by atoms with Gasteiger partial charge in [0.2, 0.25) is 11.7 Å². The molecule has 0 radical (unpaired) electrons. The van der Waals surface area contributed by atoms with Crippen LogP contribution in [0.1, 0.15) is 12.3 Å². The van der Waals surface area contributed by atoms with E-state index in [-0.39, 0.29) is 0 Å². The van der Waals surface area contributed by atoms with Crippen molar-refractivity contribution >= 4 is 0 Å². The number of hydrogen-bond donors (Lipinski definition) is 1. The fourth-order valence-corrected chi connectivity index (χ4v) is 1.39. The topological polar surface area (TPSA) is 63.8 Å².